The van der Waals surface area contributed by atoms with Gasteiger partial charge in [0.25, 0.3) is 11.5 Å². The molecule has 0 aliphatic carbocycles. The van der Waals surface area contributed by atoms with Crippen LogP contribution in [0.4, 0.5) is 5.69 Å². The minimum absolute atomic E-state index is 0.0272. The lowest BCUT2D eigenvalue weighted by molar-refractivity contribution is -0.959. The summed E-state index contributed by atoms with van der Waals surface area (Å²) in [6.45, 7) is 6.08. The monoisotopic (exact) mass is 390 g/mol. The second kappa shape index (κ2) is 7.97. The van der Waals surface area contributed by atoms with Crippen molar-refractivity contribution in [3.63, 3.8) is 0 Å². The zero-order valence-electron chi connectivity index (χ0n) is 17.5. The summed E-state index contributed by atoms with van der Waals surface area (Å²) in [5.74, 6) is 0.940. The van der Waals surface area contributed by atoms with Gasteiger partial charge in [-0.1, -0.05) is 0 Å². The molecule has 0 aromatic carbocycles. The van der Waals surface area contributed by atoms with Crippen LogP contribution in [-0.2, 0) is 11.3 Å². The first kappa shape index (κ1) is 19.6. The predicted octanol–water partition coefficient (Wildman–Crippen LogP) is -3.39. The normalized spacial score (nSPS) is 32.1. The maximum Gasteiger partial charge on any atom is 0.279 e. The fourth-order valence-corrected chi connectivity index (χ4v) is 5.56. The van der Waals surface area contributed by atoms with Gasteiger partial charge in [-0.3, -0.25) is 9.59 Å². The van der Waals surface area contributed by atoms with Crippen LogP contribution in [0, 0.1) is 5.92 Å². The highest BCUT2D eigenvalue weighted by molar-refractivity contribution is 5.91. The number of piperidine rings is 2. The van der Waals surface area contributed by atoms with Crippen molar-refractivity contribution in [2.75, 3.05) is 59.2 Å². The van der Waals surface area contributed by atoms with Crippen molar-refractivity contribution >= 4 is 11.6 Å². The van der Waals surface area contributed by atoms with Crippen LogP contribution in [0.2, 0.25) is 0 Å². The molecule has 2 saturated heterocycles. The Morgan fingerprint density at radius 2 is 2.00 bits per heavy atom. The quantitative estimate of drug-likeness (QED) is 0.433. The molecule has 1 aromatic rings. The molecule has 3 aliphatic heterocycles. The van der Waals surface area contributed by atoms with Gasteiger partial charge in [0.2, 0.25) is 0 Å². The number of amides is 1. The Balaban J connectivity index is 1.50. The van der Waals surface area contributed by atoms with Crippen molar-refractivity contribution in [3.05, 3.63) is 28.2 Å². The van der Waals surface area contributed by atoms with E-state index in [1.165, 1.54) is 44.6 Å². The molecule has 0 spiro atoms. The number of hydrogen-bond donors (Lipinski definition) is 4. The number of fused-ring (bicyclic) bond motifs is 4. The molecule has 4 rings (SSSR count). The number of carbonyl (C=O) groups is 1. The molecule has 2 bridgehead atoms. The molecule has 0 radical (unpaired) electrons. The van der Waals surface area contributed by atoms with Gasteiger partial charge in [-0.05, 0) is 18.6 Å². The molecular formula is C21H36N5O2+3. The molecule has 3 aliphatic rings. The van der Waals surface area contributed by atoms with Crippen LogP contribution < -0.4 is 25.6 Å². The summed E-state index contributed by atoms with van der Waals surface area (Å²) < 4.78 is 1.95. The average molecular weight is 391 g/mol. The molecule has 4 heterocycles. The molecule has 7 heteroatoms. The Morgan fingerprint density at radius 1 is 1.25 bits per heavy atom. The van der Waals surface area contributed by atoms with E-state index >= 15 is 0 Å². The Morgan fingerprint density at radius 3 is 2.71 bits per heavy atom. The van der Waals surface area contributed by atoms with E-state index in [1.54, 1.807) is 9.80 Å². The second-order valence-corrected chi connectivity index (χ2v) is 9.62. The maximum atomic E-state index is 13.0. The third-order valence-electron chi connectivity index (χ3n) is 6.95. The van der Waals surface area contributed by atoms with Crippen molar-refractivity contribution in [2.45, 2.75) is 37.8 Å². The average Bonchev–Trinajstić information content (AvgIpc) is 2.64. The number of anilines is 1. The highest BCUT2D eigenvalue weighted by Gasteiger charge is 2.41. The van der Waals surface area contributed by atoms with E-state index < -0.39 is 0 Å². The fraction of sp³-hybridized carbons (Fsp3) is 0.714. The summed E-state index contributed by atoms with van der Waals surface area (Å²) in [6, 6.07) is 4.70. The molecule has 7 nitrogen and oxygen atoms in total. The van der Waals surface area contributed by atoms with Gasteiger partial charge in [-0.15, -0.1) is 0 Å². The van der Waals surface area contributed by atoms with Crippen molar-refractivity contribution in [1.29, 1.82) is 0 Å². The van der Waals surface area contributed by atoms with Gasteiger partial charge in [-0.2, -0.15) is 0 Å². The van der Waals surface area contributed by atoms with E-state index in [9.17, 15) is 9.59 Å². The Kier molecular flexibility index (Phi) is 5.58. The first-order chi connectivity index (χ1) is 13.4. The fourth-order valence-electron chi connectivity index (χ4n) is 5.56. The number of likely N-dealkylation sites (N-methyl/N-ethyl adjacent to an activating group) is 1. The minimum Gasteiger partial charge on any atom is -0.337 e. The third-order valence-corrected chi connectivity index (χ3v) is 6.95. The lowest BCUT2D eigenvalue weighted by Crippen LogP contribution is -3.21. The molecule has 1 aromatic heterocycles. The van der Waals surface area contributed by atoms with E-state index in [4.69, 9.17) is 0 Å². The number of quaternary nitrogens is 3. The smallest absolute Gasteiger partial charge is 0.279 e. The summed E-state index contributed by atoms with van der Waals surface area (Å²) in [6.07, 6.45) is 3.86. The van der Waals surface area contributed by atoms with E-state index in [1.807, 2.05) is 24.7 Å². The van der Waals surface area contributed by atoms with Crippen molar-refractivity contribution < 1.29 is 19.5 Å². The van der Waals surface area contributed by atoms with Gasteiger partial charge in [0.1, 0.15) is 5.69 Å². The van der Waals surface area contributed by atoms with Crippen LogP contribution in [-0.4, -0.2) is 70.4 Å². The standard InChI is InChI=1S/C21H33N5O2/c1-23(2)14-20(27)22-18-4-5-19-16-10-15(12-26(19)21(18)28)11-25(13-16)17-6-8-24(3)9-7-17/h4-5,15-17H,6-14H2,1-3H3,(H,22,27)/p+3/t15-,16+/m0/s1. The Bertz CT molecular complexity index is 781. The Hall–Kier alpha value is -1.70. The van der Waals surface area contributed by atoms with Crippen LogP contribution >= 0.6 is 0 Å². The van der Waals surface area contributed by atoms with E-state index in [0.717, 1.165) is 24.0 Å². The maximum absolute atomic E-state index is 13.0. The topological polar surface area (TPSA) is 64.4 Å². The summed E-state index contributed by atoms with van der Waals surface area (Å²) in [4.78, 5) is 29.6. The Labute approximate surface area is 167 Å². The summed E-state index contributed by atoms with van der Waals surface area (Å²) in [7, 11) is 6.16. The lowest BCUT2D eigenvalue weighted by atomic mass is 9.82. The molecule has 1 unspecified atom stereocenters. The lowest BCUT2D eigenvalue weighted by Gasteiger charge is -2.44. The van der Waals surface area contributed by atoms with Gasteiger partial charge >= 0.3 is 0 Å². The zero-order chi connectivity index (χ0) is 19.8. The van der Waals surface area contributed by atoms with Crippen molar-refractivity contribution in [1.82, 2.24) is 4.57 Å². The SMILES string of the molecule is C[NH+](C)CC(=O)Nc1ccc2n(c1=O)C[C@H]1C[C@@H]2C[NH+](C2CC[NH+](C)CC2)C1. The third kappa shape index (κ3) is 4.02. The van der Waals surface area contributed by atoms with Crippen LogP contribution in [0.5, 0.6) is 0 Å². The van der Waals surface area contributed by atoms with Gasteiger partial charge in [-0.25, -0.2) is 0 Å². The highest BCUT2D eigenvalue weighted by Crippen LogP contribution is 2.31. The molecular weight excluding hydrogens is 354 g/mol. The van der Waals surface area contributed by atoms with Crippen LogP contribution in [0.1, 0.15) is 30.9 Å². The summed E-state index contributed by atoms with van der Waals surface area (Å²) >= 11 is 0. The van der Waals surface area contributed by atoms with Crippen LogP contribution in [0.3, 0.4) is 0 Å². The number of rotatable bonds is 4. The number of hydrogen-bond acceptors (Lipinski definition) is 2. The molecule has 4 N–H and O–H groups in total. The summed E-state index contributed by atoms with van der Waals surface area (Å²) in [5.41, 5.74) is 1.58. The molecule has 3 atom stereocenters. The van der Waals surface area contributed by atoms with Crippen molar-refractivity contribution in [3.8, 4) is 0 Å². The molecule has 154 valence electrons. The van der Waals surface area contributed by atoms with E-state index in [2.05, 4.69) is 18.4 Å². The number of pyridine rings is 1. The van der Waals surface area contributed by atoms with Crippen LogP contribution in [0.25, 0.3) is 0 Å². The number of carbonyl (C=O) groups excluding carboxylic acids is 1. The molecule has 28 heavy (non-hydrogen) atoms. The largest absolute Gasteiger partial charge is 0.337 e. The first-order valence-electron chi connectivity index (χ1n) is 10.9. The van der Waals surface area contributed by atoms with E-state index in [0.29, 0.717) is 24.1 Å². The van der Waals surface area contributed by atoms with E-state index in [-0.39, 0.29) is 11.5 Å². The highest BCUT2D eigenvalue weighted by atomic mass is 16.2. The van der Waals surface area contributed by atoms with Gasteiger partial charge < -0.3 is 24.6 Å². The van der Waals surface area contributed by atoms with Gasteiger partial charge in [0, 0.05) is 36.9 Å². The van der Waals surface area contributed by atoms with Gasteiger partial charge in [0.15, 0.2) is 6.54 Å². The number of aromatic nitrogens is 1. The second-order valence-electron chi connectivity index (χ2n) is 9.62. The predicted molar refractivity (Wildman–Crippen MR) is 108 cm³/mol. The van der Waals surface area contributed by atoms with Crippen molar-refractivity contribution in [2.24, 2.45) is 5.92 Å². The number of likely N-dealkylation sites (tertiary alicyclic amines) is 2. The van der Waals surface area contributed by atoms with Crippen LogP contribution in [0.15, 0.2) is 16.9 Å². The first-order valence-corrected chi connectivity index (χ1v) is 10.9. The zero-order valence-corrected chi connectivity index (χ0v) is 17.5. The summed E-state index contributed by atoms with van der Waals surface area (Å²) in [5, 5.41) is 2.82. The van der Waals surface area contributed by atoms with Gasteiger partial charge in [0.05, 0.1) is 53.4 Å². The molecule has 2 fully saturated rings. The number of nitrogens with one attached hydrogen (secondary N) is 4. The molecule has 0 saturated carbocycles. The molecule has 1 amide bonds. The number of nitrogens with zero attached hydrogens (tertiary/aromatic N) is 1. The minimum atomic E-state index is -0.103.